The summed E-state index contributed by atoms with van der Waals surface area (Å²) in [6.07, 6.45) is 4.10. The number of nitrogens with two attached hydrogens (primary N) is 1. The van der Waals surface area contributed by atoms with Gasteiger partial charge in [-0.2, -0.15) is 0 Å². The van der Waals surface area contributed by atoms with Crippen LogP contribution in [0, 0.1) is 5.82 Å². The maximum atomic E-state index is 16.1. The van der Waals surface area contributed by atoms with Crippen LogP contribution in [-0.2, 0) is 6.42 Å². The molecule has 2 unspecified atom stereocenters. The first-order valence-electron chi connectivity index (χ1n) is 14.8. The van der Waals surface area contributed by atoms with Crippen LogP contribution < -0.4 is 15.8 Å². The van der Waals surface area contributed by atoms with Gasteiger partial charge in [-0.25, -0.2) is 14.4 Å². The van der Waals surface area contributed by atoms with Crippen molar-refractivity contribution in [1.82, 2.24) is 19.9 Å². The zero-order valence-electron chi connectivity index (χ0n) is 24.7. The number of nitrogen functional groups attached to an aromatic ring is 1. The molecular weight excluding hydrogens is 559 g/mol. The van der Waals surface area contributed by atoms with E-state index in [9.17, 15) is 9.90 Å². The van der Waals surface area contributed by atoms with Crippen molar-refractivity contribution in [3.63, 3.8) is 0 Å². The molecule has 10 heteroatoms. The summed E-state index contributed by atoms with van der Waals surface area (Å²) in [7, 11) is 0. The molecule has 0 saturated carbocycles. The Balaban J connectivity index is 1.43. The molecule has 9 nitrogen and oxygen atoms in total. The van der Waals surface area contributed by atoms with Crippen molar-refractivity contribution in [2.45, 2.75) is 38.8 Å². The van der Waals surface area contributed by atoms with E-state index in [1.54, 1.807) is 29.4 Å². The van der Waals surface area contributed by atoms with Crippen molar-refractivity contribution in [2.75, 3.05) is 30.7 Å². The Labute approximate surface area is 254 Å². The summed E-state index contributed by atoms with van der Waals surface area (Å²) in [4.78, 5) is 27.4. The second-order valence-corrected chi connectivity index (χ2v) is 10.9. The lowest BCUT2D eigenvalue weighted by atomic mass is 9.99. The standard InChI is InChI=1S/C34H35FN6O3/c1-3-20-15-27(30(35)29(16-20)44-4-2)31(39-22-9-10-24-21(17-22)11-13-37-32(24)36)33-38-18-28(40-33)25-7-5-6-8-26(25)34(43)41-14-12-23(42)19-41/h5-11,13,15-18,23,31,39,42H,3-4,12,14,19H2,1-2H3,(H2,36,37)(H,38,40). The molecule has 0 spiro atoms. The van der Waals surface area contributed by atoms with E-state index in [-0.39, 0.29) is 11.7 Å². The first-order chi connectivity index (χ1) is 21.4. The first-order valence-corrected chi connectivity index (χ1v) is 14.8. The van der Waals surface area contributed by atoms with Crippen molar-refractivity contribution in [1.29, 1.82) is 0 Å². The van der Waals surface area contributed by atoms with Crippen LogP contribution in [0.15, 0.2) is 73.1 Å². The number of hydrogen-bond donors (Lipinski definition) is 4. The molecule has 1 fully saturated rings. The molecule has 2 atom stereocenters. The molecule has 1 amide bonds. The smallest absolute Gasteiger partial charge is 0.254 e. The predicted molar refractivity (Wildman–Crippen MR) is 169 cm³/mol. The van der Waals surface area contributed by atoms with Crippen LogP contribution in [0.2, 0.25) is 0 Å². The summed E-state index contributed by atoms with van der Waals surface area (Å²) < 4.78 is 21.8. The number of pyridine rings is 1. The number of ether oxygens (including phenoxy) is 1. The van der Waals surface area contributed by atoms with E-state index < -0.39 is 18.0 Å². The molecule has 1 aliphatic heterocycles. The number of amides is 1. The summed E-state index contributed by atoms with van der Waals surface area (Å²) in [5.74, 6) is 0.437. The van der Waals surface area contributed by atoms with E-state index in [0.717, 1.165) is 22.0 Å². The number of aliphatic hydroxyl groups excluding tert-OH is 1. The van der Waals surface area contributed by atoms with Gasteiger partial charge in [-0.1, -0.05) is 31.2 Å². The summed E-state index contributed by atoms with van der Waals surface area (Å²) in [6.45, 7) is 4.95. The molecular formula is C34H35FN6O3. The molecule has 5 aromatic rings. The fourth-order valence-electron chi connectivity index (χ4n) is 5.72. The number of rotatable bonds is 9. The minimum Gasteiger partial charge on any atom is -0.491 e. The summed E-state index contributed by atoms with van der Waals surface area (Å²) in [5, 5.41) is 15.2. The quantitative estimate of drug-likeness (QED) is 0.172. The zero-order chi connectivity index (χ0) is 30.8. The molecule has 3 aromatic carbocycles. The second kappa shape index (κ2) is 12.3. The average molecular weight is 595 g/mol. The van der Waals surface area contributed by atoms with Crippen molar-refractivity contribution >= 4 is 28.2 Å². The number of fused-ring (bicyclic) bond motifs is 1. The van der Waals surface area contributed by atoms with E-state index in [0.29, 0.717) is 66.6 Å². The van der Waals surface area contributed by atoms with Gasteiger partial charge < -0.3 is 30.8 Å². The number of β-amino-alcohol motifs (C(OH)–C–C–N with tert-alkyl or cyclic N) is 1. The van der Waals surface area contributed by atoms with Gasteiger partial charge in [0, 0.05) is 53.2 Å². The molecule has 0 bridgehead atoms. The molecule has 3 heterocycles. The lowest BCUT2D eigenvalue weighted by molar-refractivity contribution is 0.0765. The van der Waals surface area contributed by atoms with Gasteiger partial charge in [-0.3, -0.25) is 4.79 Å². The number of carbonyl (C=O) groups excluding carboxylic acids is 1. The SMILES string of the molecule is CCOc1cc(CC)cc(C(Nc2ccc3c(N)nccc3c2)c2nc(-c3ccccc3C(=O)N3CCC(O)C3)c[nH]2)c1F. The number of benzene rings is 3. The number of aromatic nitrogens is 3. The highest BCUT2D eigenvalue weighted by molar-refractivity contribution is 6.00. The zero-order valence-corrected chi connectivity index (χ0v) is 24.7. The monoisotopic (exact) mass is 594 g/mol. The topological polar surface area (TPSA) is 129 Å². The number of aryl methyl sites for hydroxylation is 1. The Kier molecular flexibility index (Phi) is 8.17. The minimum absolute atomic E-state index is 0.163. The van der Waals surface area contributed by atoms with Gasteiger partial charge in [-0.15, -0.1) is 0 Å². The van der Waals surface area contributed by atoms with E-state index in [1.165, 1.54) is 0 Å². The predicted octanol–water partition coefficient (Wildman–Crippen LogP) is 5.72. The van der Waals surface area contributed by atoms with Gasteiger partial charge in [-0.05, 0) is 67.1 Å². The van der Waals surface area contributed by atoms with Crippen molar-refractivity contribution in [3.8, 4) is 17.0 Å². The molecule has 1 saturated heterocycles. The van der Waals surface area contributed by atoms with Crippen LogP contribution in [0.1, 0.15) is 53.6 Å². The number of carbonyl (C=O) groups is 1. The highest BCUT2D eigenvalue weighted by Gasteiger charge is 2.29. The van der Waals surface area contributed by atoms with Crippen LogP contribution in [-0.4, -0.2) is 56.7 Å². The van der Waals surface area contributed by atoms with Gasteiger partial charge >= 0.3 is 0 Å². The third-order valence-corrected chi connectivity index (χ3v) is 8.01. The lowest BCUT2D eigenvalue weighted by Crippen LogP contribution is -2.29. The number of H-pyrrole nitrogens is 1. The number of imidazole rings is 1. The summed E-state index contributed by atoms with van der Waals surface area (Å²) in [6, 6.07) is 17.7. The summed E-state index contributed by atoms with van der Waals surface area (Å²) >= 11 is 0. The van der Waals surface area contributed by atoms with Crippen LogP contribution in [0.25, 0.3) is 22.0 Å². The molecule has 0 aliphatic carbocycles. The highest BCUT2D eigenvalue weighted by Crippen LogP contribution is 2.35. The number of anilines is 2. The van der Waals surface area contributed by atoms with E-state index in [2.05, 4.69) is 15.3 Å². The number of nitrogens with one attached hydrogen (secondary N) is 2. The average Bonchev–Trinajstić information content (AvgIpc) is 3.70. The highest BCUT2D eigenvalue weighted by atomic mass is 19.1. The van der Waals surface area contributed by atoms with Gasteiger partial charge in [0.05, 0.1) is 18.4 Å². The minimum atomic E-state index is -0.734. The fourth-order valence-corrected chi connectivity index (χ4v) is 5.72. The molecule has 44 heavy (non-hydrogen) atoms. The van der Waals surface area contributed by atoms with Crippen LogP contribution in [0.5, 0.6) is 5.75 Å². The van der Waals surface area contributed by atoms with E-state index >= 15 is 4.39 Å². The van der Waals surface area contributed by atoms with Crippen molar-refractivity contribution < 1.29 is 19.0 Å². The fraction of sp³-hybridized carbons (Fsp3) is 0.265. The third-order valence-electron chi connectivity index (χ3n) is 8.01. The van der Waals surface area contributed by atoms with Crippen LogP contribution >= 0.6 is 0 Å². The number of aliphatic hydroxyl groups is 1. The number of nitrogens with zero attached hydrogens (tertiary/aromatic N) is 3. The third kappa shape index (κ3) is 5.68. The van der Waals surface area contributed by atoms with Crippen molar-refractivity contribution in [2.24, 2.45) is 0 Å². The Hall–Kier alpha value is -4.96. The molecule has 6 rings (SSSR count). The first kappa shape index (κ1) is 29.1. The molecule has 2 aromatic heterocycles. The molecule has 5 N–H and O–H groups in total. The molecule has 226 valence electrons. The Bertz CT molecular complexity index is 1820. The number of hydrogen-bond acceptors (Lipinski definition) is 7. The number of halogens is 1. The van der Waals surface area contributed by atoms with Crippen LogP contribution in [0.3, 0.4) is 0 Å². The number of aromatic amines is 1. The Morgan fingerprint density at radius 1 is 1.20 bits per heavy atom. The molecule has 1 aliphatic rings. The van der Waals surface area contributed by atoms with Gasteiger partial charge in [0.1, 0.15) is 17.7 Å². The van der Waals surface area contributed by atoms with Crippen LogP contribution in [0.4, 0.5) is 15.9 Å². The van der Waals surface area contributed by atoms with Gasteiger partial charge in [0.2, 0.25) is 0 Å². The normalized spacial score (nSPS) is 15.5. The maximum Gasteiger partial charge on any atom is 0.254 e. The Morgan fingerprint density at radius 2 is 2.05 bits per heavy atom. The Morgan fingerprint density at radius 3 is 2.82 bits per heavy atom. The summed E-state index contributed by atoms with van der Waals surface area (Å²) in [5.41, 5.74) is 9.78. The van der Waals surface area contributed by atoms with Crippen molar-refractivity contribution in [3.05, 3.63) is 101 Å². The van der Waals surface area contributed by atoms with Gasteiger partial charge in [0.25, 0.3) is 5.91 Å². The van der Waals surface area contributed by atoms with Gasteiger partial charge in [0.15, 0.2) is 11.6 Å². The molecule has 0 radical (unpaired) electrons. The maximum absolute atomic E-state index is 16.1. The van der Waals surface area contributed by atoms with E-state index in [4.69, 9.17) is 15.5 Å². The lowest BCUT2D eigenvalue weighted by Gasteiger charge is -2.22. The second-order valence-electron chi connectivity index (χ2n) is 10.9. The largest absolute Gasteiger partial charge is 0.491 e. The van der Waals surface area contributed by atoms with E-state index in [1.807, 2.05) is 62.4 Å². The number of likely N-dealkylation sites (tertiary alicyclic amines) is 1.